The van der Waals surface area contributed by atoms with Gasteiger partial charge < -0.3 is 14.3 Å². The number of piperazine rings is 1. The first kappa shape index (κ1) is 16.6. The largest absolute Gasteiger partial charge is 0.459 e. The molecule has 1 aromatic carbocycles. The predicted molar refractivity (Wildman–Crippen MR) is 98.3 cm³/mol. The Labute approximate surface area is 151 Å². The molecule has 0 bridgehead atoms. The summed E-state index contributed by atoms with van der Waals surface area (Å²) in [6, 6.07) is 11.0. The van der Waals surface area contributed by atoms with Crippen LogP contribution in [0.25, 0.3) is 10.9 Å². The molecule has 0 radical (unpaired) electrons. The molecule has 3 aromatic rings. The van der Waals surface area contributed by atoms with E-state index in [0.717, 1.165) is 16.5 Å². The van der Waals surface area contributed by atoms with Crippen molar-refractivity contribution in [1.82, 2.24) is 14.8 Å². The summed E-state index contributed by atoms with van der Waals surface area (Å²) in [5.41, 5.74) is 1.69. The molecule has 1 saturated heterocycles. The maximum absolute atomic E-state index is 13.0. The number of furan rings is 1. The van der Waals surface area contributed by atoms with Gasteiger partial charge in [0.05, 0.1) is 12.3 Å². The minimum absolute atomic E-state index is 0.0924. The van der Waals surface area contributed by atoms with E-state index in [4.69, 9.17) is 4.42 Å². The van der Waals surface area contributed by atoms with Crippen molar-refractivity contribution in [3.63, 3.8) is 0 Å². The van der Waals surface area contributed by atoms with Crippen LogP contribution in [-0.2, 0) is 0 Å². The fourth-order valence-electron chi connectivity index (χ4n) is 3.53. The summed E-state index contributed by atoms with van der Waals surface area (Å²) in [6.07, 6.45) is 3.30. The summed E-state index contributed by atoms with van der Waals surface area (Å²) in [5, 5.41) is 0.955. The van der Waals surface area contributed by atoms with Crippen molar-refractivity contribution < 1.29 is 14.0 Å². The van der Waals surface area contributed by atoms with Gasteiger partial charge in [-0.05, 0) is 25.1 Å². The van der Waals surface area contributed by atoms with Crippen LogP contribution in [0.2, 0.25) is 0 Å². The summed E-state index contributed by atoms with van der Waals surface area (Å²) < 4.78 is 5.19. The number of aromatic nitrogens is 1. The van der Waals surface area contributed by atoms with E-state index in [2.05, 4.69) is 9.88 Å². The zero-order chi connectivity index (χ0) is 18.1. The Morgan fingerprint density at radius 3 is 2.58 bits per heavy atom. The molecule has 26 heavy (non-hydrogen) atoms. The second-order valence-electron chi connectivity index (χ2n) is 6.59. The van der Waals surface area contributed by atoms with Crippen LogP contribution in [0, 0.1) is 0 Å². The molecule has 3 heterocycles. The molecule has 0 spiro atoms. The van der Waals surface area contributed by atoms with Crippen molar-refractivity contribution in [2.24, 2.45) is 0 Å². The van der Waals surface area contributed by atoms with Gasteiger partial charge in [0.1, 0.15) is 0 Å². The Kier molecular flexibility index (Phi) is 4.34. The van der Waals surface area contributed by atoms with Crippen LogP contribution in [0.1, 0.15) is 27.8 Å². The van der Waals surface area contributed by atoms with Gasteiger partial charge in [-0.1, -0.05) is 18.2 Å². The maximum atomic E-state index is 13.0. The number of aromatic amines is 1. The summed E-state index contributed by atoms with van der Waals surface area (Å²) in [5.74, 6) is 0.375. The molecule has 1 aliphatic rings. The number of ketones is 1. The fourth-order valence-corrected chi connectivity index (χ4v) is 3.53. The number of Topliss-reactive ketones (excluding diaryl/α,β-unsaturated/α-hetero) is 1. The van der Waals surface area contributed by atoms with Gasteiger partial charge in [0, 0.05) is 48.8 Å². The number of nitrogens with one attached hydrogen (secondary N) is 1. The van der Waals surface area contributed by atoms with Gasteiger partial charge in [0.2, 0.25) is 0 Å². The van der Waals surface area contributed by atoms with Gasteiger partial charge >= 0.3 is 0 Å². The van der Waals surface area contributed by atoms with Gasteiger partial charge in [0.25, 0.3) is 5.91 Å². The maximum Gasteiger partial charge on any atom is 0.289 e. The number of carbonyl (C=O) groups is 2. The molecule has 1 amide bonds. The molecule has 6 nitrogen and oxygen atoms in total. The second-order valence-corrected chi connectivity index (χ2v) is 6.59. The highest BCUT2D eigenvalue weighted by molar-refractivity contribution is 6.10. The molecule has 6 heteroatoms. The standard InChI is InChI=1S/C20H21N3O3/c1-14(19(24)16-13-21-17-6-3-2-5-15(16)17)22-8-10-23(11-9-22)20(25)18-7-4-12-26-18/h2-7,12-14,21H,8-11H2,1H3/t14-/m0/s1. The van der Waals surface area contributed by atoms with Crippen LogP contribution in [0.3, 0.4) is 0 Å². The van der Waals surface area contributed by atoms with E-state index in [-0.39, 0.29) is 17.7 Å². The van der Waals surface area contributed by atoms with Crippen LogP contribution in [0.5, 0.6) is 0 Å². The second kappa shape index (κ2) is 6.80. The predicted octanol–water partition coefficient (Wildman–Crippen LogP) is 2.79. The van der Waals surface area contributed by atoms with Gasteiger partial charge in [-0.2, -0.15) is 0 Å². The molecule has 2 aromatic heterocycles. The van der Waals surface area contributed by atoms with E-state index in [1.807, 2.05) is 31.2 Å². The first-order valence-corrected chi connectivity index (χ1v) is 8.82. The first-order valence-electron chi connectivity index (χ1n) is 8.82. The number of carbonyl (C=O) groups excluding carboxylic acids is 2. The van der Waals surface area contributed by atoms with Crippen LogP contribution in [-0.4, -0.2) is 58.7 Å². The minimum atomic E-state index is -0.227. The highest BCUT2D eigenvalue weighted by atomic mass is 16.3. The SMILES string of the molecule is C[C@@H](C(=O)c1c[nH]c2ccccc12)N1CCN(C(=O)c2ccco2)CC1. The highest BCUT2D eigenvalue weighted by Crippen LogP contribution is 2.21. The quantitative estimate of drug-likeness (QED) is 0.734. The zero-order valence-corrected chi connectivity index (χ0v) is 14.6. The fraction of sp³-hybridized carbons (Fsp3) is 0.300. The van der Waals surface area contributed by atoms with Gasteiger partial charge in [-0.15, -0.1) is 0 Å². The van der Waals surface area contributed by atoms with E-state index in [1.54, 1.807) is 23.2 Å². The number of H-pyrrole nitrogens is 1. The highest BCUT2D eigenvalue weighted by Gasteiger charge is 2.29. The molecule has 0 aliphatic carbocycles. The van der Waals surface area contributed by atoms with Crippen molar-refractivity contribution in [1.29, 1.82) is 0 Å². The van der Waals surface area contributed by atoms with E-state index in [9.17, 15) is 9.59 Å². The average Bonchev–Trinajstić information content (AvgIpc) is 3.36. The lowest BCUT2D eigenvalue weighted by molar-refractivity contribution is 0.0529. The van der Waals surface area contributed by atoms with Crippen LogP contribution in [0.15, 0.2) is 53.3 Å². The number of nitrogens with zero attached hydrogens (tertiary/aromatic N) is 2. The Morgan fingerprint density at radius 2 is 1.85 bits per heavy atom. The number of hydrogen-bond donors (Lipinski definition) is 1. The van der Waals surface area contributed by atoms with Crippen LogP contribution >= 0.6 is 0 Å². The molecule has 1 aliphatic heterocycles. The lowest BCUT2D eigenvalue weighted by Crippen LogP contribution is -2.53. The monoisotopic (exact) mass is 351 g/mol. The third-order valence-electron chi connectivity index (χ3n) is 5.12. The van der Waals surface area contributed by atoms with E-state index in [1.165, 1.54) is 6.26 Å². The number of rotatable bonds is 4. The van der Waals surface area contributed by atoms with E-state index >= 15 is 0 Å². The Morgan fingerprint density at radius 1 is 1.08 bits per heavy atom. The normalized spacial score (nSPS) is 16.7. The molecule has 0 saturated carbocycles. The van der Waals surface area contributed by atoms with Crippen molar-refractivity contribution in [2.75, 3.05) is 26.2 Å². The molecule has 0 unspecified atom stereocenters. The molecule has 1 N–H and O–H groups in total. The number of amides is 1. The lowest BCUT2D eigenvalue weighted by Gasteiger charge is -2.37. The lowest BCUT2D eigenvalue weighted by atomic mass is 10.0. The summed E-state index contributed by atoms with van der Waals surface area (Å²) in [4.78, 5) is 32.4. The van der Waals surface area contributed by atoms with Crippen molar-refractivity contribution in [3.05, 3.63) is 60.2 Å². The average molecular weight is 351 g/mol. The molecular formula is C20H21N3O3. The molecule has 1 fully saturated rings. The Balaban J connectivity index is 1.42. The van der Waals surface area contributed by atoms with Crippen molar-refractivity contribution >= 4 is 22.6 Å². The summed E-state index contributed by atoms with van der Waals surface area (Å²) in [6.45, 7) is 4.45. The number of hydrogen-bond acceptors (Lipinski definition) is 4. The zero-order valence-electron chi connectivity index (χ0n) is 14.6. The van der Waals surface area contributed by atoms with Gasteiger partial charge in [0.15, 0.2) is 11.5 Å². The summed E-state index contributed by atoms with van der Waals surface area (Å²) >= 11 is 0. The minimum Gasteiger partial charge on any atom is -0.459 e. The van der Waals surface area contributed by atoms with Crippen LogP contribution in [0.4, 0.5) is 0 Å². The number of benzene rings is 1. The third-order valence-corrected chi connectivity index (χ3v) is 5.12. The smallest absolute Gasteiger partial charge is 0.289 e. The topological polar surface area (TPSA) is 69.6 Å². The molecular weight excluding hydrogens is 330 g/mol. The molecule has 134 valence electrons. The van der Waals surface area contributed by atoms with Crippen LogP contribution < -0.4 is 0 Å². The molecule has 1 atom stereocenters. The first-order chi connectivity index (χ1) is 12.6. The van der Waals surface area contributed by atoms with Crippen molar-refractivity contribution in [3.8, 4) is 0 Å². The van der Waals surface area contributed by atoms with Crippen molar-refractivity contribution in [2.45, 2.75) is 13.0 Å². The van der Waals surface area contributed by atoms with Gasteiger partial charge in [-0.25, -0.2) is 0 Å². The summed E-state index contributed by atoms with van der Waals surface area (Å²) in [7, 11) is 0. The Bertz CT molecular complexity index is 921. The van der Waals surface area contributed by atoms with E-state index in [0.29, 0.717) is 31.9 Å². The number of para-hydroxylation sites is 1. The molecule has 4 rings (SSSR count). The van der Waals surface area contributed by atoms with Gasteiger partial charge in [-0.3, -0.25) is 14.5 Å². The third kappa shape index (κ3) is 2.93. The Hall–Kier alpha value is -2.86. The van der Waals surface area contributed by atoms with E-state index < -0.39 is 0 Å². The number of fused-ring (bicyclic) bond motifs is 1.